The van der Waals surface area contributed by atoms with Crippen LogP contribution in [0.2, 0.25) is 0 Å². The molecule has 39 heavy (non-hydrogen) atoms. The number of benzene rings is 2. The summed E-state index contributed by atoms with van der Waals surface area (Å²) in [6.07, 6.45) is 2.53. The quantitative estimate of drug-likeness (QED) is 0.241. The monoisotopic (exact) mass is 534 g/mol. The molecule has 0 spiro atoms. The maximum atomic E-state index is 14.3. The summed E-state index contributed by atoms with van der Waals surface area (Å²) in [5.41, 5.74) is 5.62. The van der Waals surface area contributed by atoms with Crippen LogP contribution in [0.3, 0.4) is 0 Å². The molecule has 2 aromatic carbocycles. The van der Waals surface area contributed by atoms with Gasteiger partial charge >= 0.3 is 5.69 Å². The first kappa shape index (κ1) is 27.0. The minimum Gasteiger partial charge on any atom is -0.383 e. The SMILES string of the molecule is CCCCn1c(N)c(NC(=O)Cc2ccc(NC(=O)c3nc[nH]n3)cc2)c(=O)n(Cc2ccccc2F)c1=O. The van der Waals surface area contributed by atoms with Crippen LogP contribution in [0.1, 0.15) is 41.5 Å². The third-order valence-electron chi connectivity index (χ3n) is 5.95. The number of nitrogens with zero attached hydrogens (tertiary/aromatic N) is 4. The molecule has 0 fully saturated rings. The van der Waals surface area contributed by atoms with E-state index in [0.717, 1.165) is 11.0 Å². The average Bonchev–Trinajstić information content (AvgIpc) is 3.47. The number of nitrogens with two attached hydrogens (primary N) is 1. The number of nitrogen functional groups attached to an aromatic ring is 1. The number of unbranched alkanes of at least 4 members (excludes halogenated alkanes) is 1. The summed E-state index contributed by atoms with van der Waals surface area (Å²) in [6.45, 7) is 1.84. The van der Waals surface area contributed by atoms with Crippen molar-refractivity contribution >= 4 is 29.0 Å². The van der Waals surface area contributed by atoms with Crippen LogP contribution in [0.5, 0.6) is 0 Å². The lowest BCUT2D eigenvalue weighted by atomic mass is 10.1. The number of aromatic nitrogens is 5. The largest absolute Gasteiger partial charge is 0.383 e. The second-order valence-electron chi connectivity index (χ2n) is 8.73. The highest BCUT2D eigenvalue weighted by Gasteiger charge is 2.20. The molecule has 0 aliphatic rings. The van der Waals surface area contributed by atoms with E-state index in [1.165, 1.54) is 29.1 Å². The third-order valence-corrected chi connectivity index (χ3v) is 5.95. The maximum Gasteiger partial charge on any atom is 0.332 e. The van der Waals surface area contributed by atoms with E-state index in [-0.39, 0.29) is 42.4 Å². The Morgan fingerprint density at radius 3 is 2.46 bits per heavy atom. The van der Waals surface area contributed by atoms with Crippen molar-refractivity contribution in [3.63, 3.8) is 0 Å². The molecular formula is C26H27FN8O4. The van der Waals surface area contributed by atoms with Gasteiger partial charge in [0.25, 0.3) is 11.5 Å². The van der Waals surface area contributed by atoms with Crippen molar-refractivity contribution in [3.05, 3.63) is 98.5 Å². The Labute approximate surface area is 221 Å². The van der Waals surface area contributed by atoms with Gasteiger partial charge in [0.15, 0.2) is 0 Å². The average molecular weight is 535 g/mol. The van der Waals surface area contributed by atoms with Crippen LogP contribution < -0.4 is 27.6 Å². The second-order valence-corrected chi connectivity index (χ2v) is 8.73. The molecule has 0 bridgehead atoms. The molecule has 5 N–H and O–H groups in total. The fraction of sp³-hybridized carbons (Fsp3) is 0.231. The van der Waals surface area contributed by atoms with Crippen molar-refractivity contribution in [2.45, 2.75) is 39.3 Å². The number of H-pyrrole nitrogens is 1. The zero-order valence-corrected chi connectivity index (χ0v) is 21.1. The van der Waals surface area contributed by atoms with Crippen LogP contribution in [0, 0.1) is 5.82 Å². The predicted molar refractivity (Wildman–Crippen MR) is 143 cm³/mol. The summed E-state index contributed by atoms with van der Waals surface area (Å²) in [7, 11) is 0. The molecule has 2 aromatic heterocycles. The van der Waals surface area contributed by atoms with Crippen molar-refractivity contribution < 1.29 is 14.0 Å². The zero-order chi connectivity index (χ0) is 27.9. The number of amides is 2. The van der Waals surface area contributed by atoms with Gasteiger partial charge in [-0.3, -0.25) is 28.6 Å². The molecule has 202 valence electrons. The molecule has 2 amide bonds. The Morgan fingerprint density at radius 2 is 1.79 bits per heavy atom. The van der Waals surface area contributed by atoms with Crippen molar-refractivity contribution in [2.24, 2.45) is 0 Å². The molecule has 4 aromatic rings. The van der Waals surface area contributed by atoms with Gasteiger partial charge in [-0.2, -0.15) is 0 Å². The highest BCUT2D eigenvalue weighted by atomic mass is 19.1. The second kappa shape index (κ2) is 12.0. The van der Waals surface area contributed by atoms with E-state index >= 15 is 0 Å². The number of rotatable bonds is 10. The summed E-state index contributed by atoms with van der Waals surface area (Å²) in [6, 6.07) is 12.3. The van der Waals surface area contributed by atoms with Gasteiger partial charge in [-0.1, -0.05) is 43.7 Å². The Bertz CT molecular complexity index is 1590. The topological polar surface area (TPSA) is 170 Å². The normalized spacial score (nSPS) is 10.8. The standard InChI is InChI=1S/C26H27FN8O4/c1-2-3-12-34-22(28)21(25(38)35(26(34)39)14-17-6-4-5-7-19(17)27)32-20(36)13-16-8-10-18(11-9-16)31-24(37)23-29-15-30-33-23/h4-11,15H,2-3,12-14,28H2,1H3,(H,31,37)(H,32,36)(H,29,30,33). The van der Waals surface area contributed by atoms with Crippen molar-refractivity contribution in [1.82, 2.24) is 24.3 Å². The van der Waals surface area contributed by atoms with E-state index in [2.05, 4.69) is 25.8 Å². The highest BCUT2D eigenvalue weighted by Crippen LogP contribution is 2.16. The van der Waals surface area contributed by atoms with Gasteiger partial charge in [-0.15, -0.1) is 5.10 Å². The number of hydrogen-bond acceptors (Lipinski definition) is 7. The van der Waals surface area contributed by atoms with E-state index in [1.807, 2.05) is 6.92 Å². The fourth-order valence-corrected chi connectivity index (χ4v) is 3.88. The predicted octanol–water partition coefficient (Wildman–Crippen LogP) is 2.13. The summed E-state index contributed by atoms with van der Waals surface area (Å²) in [4.78, 5) is 55.1. The number of hydrogen-bond donors (Lipinski definition) is 4. The lowest BCUT2D eigenvalue weighted by Gasteiger charge is -2.17. The van der Waals surface area contributed by atoms with Crippen molar-refractivity contribution in [2.75, 3.05) is 16.4 Å². The first-order chi connectivity index (χ1) is 18.8. The Morgan fingerprint density at radius 1 is 1.05 bits per heavy atom. The molecule has 4 rings (SSSR count). The van der Waals surface area contributed by atoms with Gasteiger partial charge in [-0.25, -0.2) is 14.2 Å². The lowest BCUT2D eigenvalue weighted by Crippen LogP contribution is -2.43. The Hall–Kier alpha value is -5.07. The molecule has 0 saturated carbocycles. The van der Waals surface area contributed by atoms with Gasteiger partial charge in [0.05, 0.1) is 13.0 Å². The molecule has 13 heteroatoms. The van der Waals surface area contributed by atoms with E-state index < -0.39 is 28.9 Å². The van der Waals surface area contributed by atoms with Crippen LogP contribution in [0.25, 0.3) is 0 Å². The van der Waals surface area contributed by atoms with Crippen molar-refractivity contribution in [1.29, 1.82) is 0 Å². The molecule has 0 radical (unpaired) electrons. The van der Waals surface area contributed by atoms with Gasteiger partial charge in [0.2, 0.25) is 11.7 Å². The summed E-state index contributed by atoms with van der Waals surface area (Å²) >= 11 is 0. The van der Waals surface area contributed by atoms with Crippen LogP contribution in [0.15, 0.2) is 64.4 Å². The molecular weight excluding hydrogens is 507 g/mol. The first-order valence-corrected chi connectivity index (χ1v) is 12.2. The summed E-state index contributed by atoms with van der Waals surface area (Å²) in [5.74, 6) is -1.79. The van der Waals surface area contributed by atoms with Crippen LogP contribution in [0.4, 0.5) is 21.6 Å². The van der Waals surface area contributed by atoms with Crippen molar-refractivity contribution in [3.8, 4) is 0 Å². The number of aromatic amines is 1. The number of carbonyl (C=O) groups is 2. The highest BCUT2D eigenvalue weighted by molar-refractivity contribution is 6.01. The number of anilines is 3. The third kappa shape index (κ3) is 6.26. The zero-order valence-electron chi connectivity index (χ0n) is 21.1. The van der Waals surface area contributed by atoms with Gasteiger partial charge in [0.1, 0.15) is 23.6 Å². The summed E-state index contributed by atoms with van der Waals surface area (Å²) in [5, 5.41) is 11.3. The minimum atomic E-state index is -0.827. The number of carbonyl (C=O) groups excluding carboxylic acids is 2. The molecule has 0 unspecified atom stereocenters. The van der Waals surface area contributed by atoms with Gasteiger partial charge in [0, 0.05) is 17.8 Å². The van der Waals surface area contributed by atoms with Crippen LogP contribution in [-0.2, 0) is 24.3 Å². The smallest absolute Gasteiger partial charge is 0.332 e. The molecule has 0 aliphatic carbocycles. The van der Waals surface area contributed by atoms with Crippen LogP contribution in [-0.4, -0.2) is 36.1 Å². The number of nitrogens with one attached hydrogen (secondary N) is 3. The number of halogens is 1. The molecule has 0 atom stereocenters. The lowest BCUT2D eigenvalue weighted by molar-refractivity contribution is -0.115. The Kier molecular flexibility index (Phi) is 8.29. The van der Waals surface area contributed by atoms with Gasteiger partial charge in [-0.05, 0) is 30.2 Å². The fourth-order valence-electron chi connectivity index (χ4n) is 3.88. The van der Waals surface area contributed by atoms with Crippen LogP contribution >= 0.6 is 0 Å². The van der Waals surface area contributed by atoms with E-state index in [4.69, 9.17) is 5.73 Å². The maximum absolute atomic E-state index is 14.3. The van der Waals surface area contributed by atoms with E-state index in [0.29, 0.717) is 17.7 Å². The molecule has 0 saturated heterocycles. The molecule has 12 nitrogen and oxygen atoms in total. The minimum absolute atomic E-state index is 0.0167. The first-order valence-electron chi connectivity index (χ1n) is 12.2. The van der Waals surface area contributed by atoms with E-state index in [9.17, 15) is 23.6 Å². The van der Waals surface area contributed by atoms with E-state index in [1.54, 1.807) is 30.3 Å². The molecule has 0 aliphatic heterocycles. The molecule has 2 heterocycles. The Balaban J connectivity index is 1.55. The van der Waals surface area contributed by atoms with Gasteiger partial charge < -0.3 is 16.4 Å². The summed E-state index contributed by atoms with van der Waals surface area (Å²) < 4.78 is 16.4.